The molecule has 0 radical (unpaired) electrons. The number of hydrogen-bond acceptors (Lipinski definition) is 3. The lowest BCUT2D eigenvalue weighted by molar-refractivity contribution is 0.284. The number of nitrogens with one attached hydrogen (secondary N) is 1. The highest BCUT2D eigenvalue weighted by Gasteiger charge is 2.45. The fourth-order valence-electron chi connectivity index (χ4n) is 4.00. The molecule has 3 aliphatic rings. The summed E-state index contributed by atoms with van der Waals surface area (Å²) in [6, 6.07) is 2.54. The van der Waals surface area contributed by atoms with Crippen molar-refractivity contribution in [2.45, 2.75) is 51.4 Å². The third-order valence-electron chi connectivity index (χ3n) is 4.79. The molecule has 0 amide bonds. The van der Waals surface area contributed by atoms with Gasteiger partial charge in [0.15, 0.2) is 0 Å². The molecular formula is C15H20N2S. The summed E-state index contributed by atoms with van der Waals surface area (Å²) in [7, 11) is 0. The van der Waals surface area contributed by atoms with E-state index >= 15 is 0 Å². The van der Waals surface area contributed by atoms with E-state index in [1.54, 1.807) is 17.3 Å². The van der Waals surface area contributed by atoms with Crippen LogP contribution in [0.25, 0.3) is 0 Å². The van der Waals surface area contributed by atoms with Gasteiger partial charge < -0.3 is 5.32 Å². The average molecular weight is 260 g/mol. The maximum Gasteiger partial charge on any atom is 0.0984 e. The largest absolute Gasteiger partial charge is 0.353 e. The molecule has 0 aromatic carbocycles. The summed E-state index contributed by atoms with van der Waals surface area (Å²) < 4.78 is 0. The Bertz CT molecular complexity index is 461. The van der Waals surface area contributed by atoms with Crippen LogP contribution in [0.2, 0.25) is 0 Å². The molecule has 3 rings (SSSR count). The molecule has 1 fully saturated rings. The van der Waals surface area contributed by atoms with Gasteiger partial charge in [0.1, 0.15) is 0 Å². The number of hydrogen-bond donors (Lipinski definition) is 1. The SMILES string of the molecule is CSC1=C(C#N)C2(CCCCC2)C2=C(CCC2)N1. The maximum absolute atomic E-state index is 9.65. The first-order valence-corrected chi connectivity index (χ1v) is 8.22. The fraction of sp³-hybridized carbons (Fsp3) is 0.667. The van der Waals surface area contributed by atoms with Crippen LogP contribution in [0.1, 0.15) is 51.4 Å². The molecule has 0 saturated heterocycles. The van der Waals surface area contributed by atoms with Gasteiger partial charge in [-0.25, -0.2) is 0 Å². The topological polar surface area (TPSA) is 35.8 Å². The number of rotatable bonds is 1. The number of nitriles is 1. The van der Waals surface area contributed by atoms with Crippen LogP contribution in [0.5, 0.6) is 0 Å². The monoisotopic (exact) mass is 260 g/mol. The van der Waals surface area contributed by atoms with Gasteiger partial charge in [0.05, 0.1) is 16.7 Å². The lowest BCUT2D eigenvalue weighted by Crippen LogP contribution is -2.35. The van der Waals surface area contributed by atoms with Crippen LogP contribution < -0.4 is 5.32 Å². The summed E-state index contributed by atoms with van der Waals surface area (Å²) in [5, 5.41) is 14.3. The molecule has 1 aliphatic heterocycles. The molecule has 1 N–H and O–H groups in total. The van der Waals surface area contributed by atoms with E-state index in [-0.39, 0.29) is 5.41 Å². The summed E-state index contributed by atoms with van der Waals surface area (Å²) in [6.07, 6.45) is 12.0. The van der Waals surface area contributed by atoms with Gasteiger partial charge >= 0.3 is 0 Å². The molecule has 0 atom stereocenters. The van der Waals surface area contributed by atoms with E-state index < -0.39 is 0 Å². The van der Waals surface area contributed by atoms with E-state index in [0.717, 1.165) is 10.6 Å². The first-order valence-electron chi connectivity index (χ1n) is 7.00. The molecule has 1 saturated carbocycles. The van der Waals surface area contributed by atoms with E-state index in [2.05, 4.69) is 17.6 Å². The fourth-order valence-corrected chi connectivity index (χ4v) is 4.67. The first-order chi connectivity index (χ1) is 8.81. The van der Waals surface area contributed by atoms with Crippen LogP contribution in [0.15, 0.2) is 21.9 Å². The van der Waals surface area contributed by atoms with Crippen LogP contribution in [-0.2, 0) is 0 Å². The van der Waals surface area contributed by atoms with Crippen molar-refractivity contribution in [1.29, 1.82) is 5.26 Å². The zero-order valence-electron chi connectivity index (χ0n) is 11.0. The second-order valence-corrected chi connectivity index (χ2v) is 6.41. The Morgan fingerprint density at radius 1 is 1.17 bits per heavy atom. The average Bonchev–Trinajstić information content (AvgIpc) is 2.88. The molecule has 0 aromatic heterocycles. The van der Waals surface area contributed by atoms with E-state index in [1.807, 2.05) is 0 Å². The van der Waals surface area contributed by atoms with Crippen molar-refractivity contribution in [3.05, 3.63) is 21.9 Å². The van der Waals surface area contributed by atoms with E-state index in [4.69, 9.17) is 0 Å². The summed E-state index contributed by atoms with van der Waals surface area (Å²) in [6.45, 7) is 0. The zero-order valence-corrected chi connectivity index (χ0v) is 11.8. The van der Waals surface area contributed by atoms with Crippen molar-refractivity contribution < 1.29 is 0 Å². The Morgan fingerprint density at radius 2 is 1.94 bits per heavy atom. The van der Waals surface area contributed by atoms with E-state index in [1.165, 1.54) is 57.1 Å². The third-order valence-corrected chi connectivity index (χ3v) is 5.50. The van der Waals surface area contributed by atoms with E-state index in [9.17, 15) is 5.26 Å². The number of fused-ring (bicyclic) bond motifs is 1. The third kappa shape index (κ3) is 1.62. The van der Waals surface area contributed by atoms with Crippen LogP contribution in [0.4, 0.5) is 0 Å². The quantitative estimate of drug-likeness (QED) is 0.771. The molecule has 2 nitrogen and oxygen atoms in total. The van der Waals surface area contributed by atoms with Gasteiger partial charge in [0.25, 0.3) is 0 Å². The van der Waals surface area contributed by atoms with Crippen molar-refractivity contribution >= 4 is 11.8 Å². The van der Waals surface area contributed by atoms with Gasteiger partial charge in [-0.1, -0.05) is 19.3 Å². The predicted molar refractivity (Wildman–Crippen MR) is 75.7 cm³/mol. The summed E-state index contributed by atoms with van der Waals surface area (Å²) in [4.78, 5) is 0. The Hall–Kier alpha value is -0.880. The van der Waals surface area contributed by atoms with Gasteiger partial charge in [-0.15, -0.1) is 11.8 Å². The molecule has 96 valence electrons. The van der Waals surface area contributed by atoms with E-state index in [0.29, 0.717) is 0 Å². The van der Waals surface area contributed by atoms with Gasteiger partial charge in [-0.3, -0.25) is 0 Å². The Kier molecular flexibility index (Phi) is 3.15. The number of dihydropyridines is 1. The zero-order chi connectivity index (χ0) is 12.6. The van der Waals surface area contributed by atoms with Crippen molar-refractivity contribution in [3.8, 4) is 6.07 Å². The standard InChI is InChI=1S/C15H20N2S/c1-18-14-12(10-16)15(8-3-2-4-9-15)11-6-5-7-13(11)17-14/h17H,2-9H2,1H3. The van der Waals surface area contributed by atoms with Crippen LogP contribution in [0.3, 0.4) is 0 Å². The van der Waals surface area contributed by atoms with Crippen molar-refractivity contribution in [3.63, 3.8) is 0 Å². The van der Waals surface area contributed by atoms with Gasteiger partial charge in [-0.2, -0.15) is 5.26 Å². The maximum atomic E-state index is 9.65. The van der Waals surface area contributed by atoms with Crippen molar-refractivity contribution in [1.82, 2.24) is 5.32 Å². The molecule has 2 aliphatic carbocycles. The Morgan fingerprint density at radius 3 is 2.61 bits per heavy atom. The molecule has 0 aromatic rings. The van der Waals surface area contributed by atoms with Gasteiger partial charge in [0, 0.05) is 11.1 Å². The summed E-state index contributed by atoms with van der Waals surface area (Å²) in [5.74, 6) is 0. The Balaban J connectivity index is 2.11. The van der Waals surface area contributed by atoms with Crippen LogP contribution in [-0.4, -0.2) is 6.26 Å². The minimum Gasteiger partial charge on any atom is -0.353 e. The highest BCUT2D eigenvalue weighted by molar-refractivity contribution is 8.02. The van der Waals surface area contributed by atoms with Crippen molar-refractivity contribution in [2.24, 2.45) is 5.41 Å². The van der Waals surface area contributed by atoms with Gasteiger partial charge in [-0.05, 0) is 43.9 Å². The lowest BCUT2D eigenvalue weighted by Gasteiger charge is -2.42. The molecule has 1 heterocycles. The smallest absolute Gasteiger partial charge is 0.0984 e. The molecule has 0 unspecified atom stereocenters. The second-order valence-electron chi connectivity index (χ2n) is 5.60. The number of thioether (sulfide) groups is 1. The minimum atomic E-state index is 0.114. The molecule has 0 bridgehead atoms. The molecule has 18 heavy (non-hydrogen) atoms. The first kappa shape index (κ1) is 12.2. The number of nitrogens with zero attached hydrogens (tertiary/aromatic N) is 1. The lowest BCUT2D eigenvalue weighted by atomic mass is 9.63. The summed E-state index contributed by atoms with van der Waals surface area (Å²) >= 11 is 1.71. The van der Waals surface area contributed by atoms with Crippen molar-refractivity contribution in [2.75, 3.05) is 6.26 Å². The number of allylic oxidation sites excluding steroid dienone is 3. The summed E-state index contributed by atoms with van der Waals surface area (Å²) in [5.41, 5.74) is 4.18. The minimum absolute atomic E-state index is 0.114. The Labute approximate surface area is 114 Å². The van der Waals surface area contributed by atoms with Crippen LogP contribution in [0, 0.1) is 16.7 Å². The second kappa shape index (κ2) is 4.66. The predicted octanol–water partition coefficient (Wildman–Crippen LogP) is 4.08. The highest BCUT2D eigenvalue weighted by atomic mass is 32.2. The molecular weight excluding hydrogens is 240 g/mol. The highest BCUT2D eigenvalue weighted by Crippen LogP contribution is 2.55. The molecule has 1 spiro atoms. The van der Waals surface area contributed by atoms with Gasteiger partial charge in [0.2, 0.25) is 0 Å². The molecule has 3 heteroatoms. The van der Waals surface area contributed by atoms with Crippen LogP contribution >= 0.6 is 11.8 Å². The normalized spacial score (nSPS) is 26.0.